The third kappa shape index (κ3) is 8.04. The second kappa shape index (κ2) is 14.1. The SMILES string of the molecule is O=C(Nc1ccc(Br)c(C(F)(F)F)c1)C1CCCCN1c1nc(NCc2cccc(F)c2)nc(N(CCO)CCO)n1. The fourth-order valence-electron chi connectivity index (χ4n) is 4.57. The van der Waals surface area contributed by atoms with Crippen molar-refractivity contribution in [2.24, 2.45) is 0 Å². The van der Waals surface area contributed by atoms with Crippen LogP contribution in [-0.4, -0.2) is 70.0 Å². The molecule has 1 fully saturated rings. The van der Waals surface area contributed by atoms with E-state index in [0.29, 0.717) is 31.4 Å². The number of hydrogen-bond acceptors (Lipinski definition) is 9. The van der Waals surface area contributed by atoms with Crippen LogP contribution in [0.3, 0.4) is 0 Å². The second-order valence-corrected chi connectivity index (χ2v) is 10.4. The van der Waals surface area contributed by atoms with E-state index in [1.807, 2.05) is 0 Å². The standard InChI is InChI=1S/C27H30BrF4N7O3/c28-21-8-7-19(15-20(21)27(30,31)32)34-23(42)22-6-1-2-9-39(22)26-36-24(33-16-17-4-3-5-18(29)14-17)35-25(37-26)38(10-12-40)11-13-41/h3-5,7-8,14-15,22,40-41H,1-2,6,9-13,16H2,(H,34,42)(H,33,35,36,37). The van der Waals surface area contributed by atoms with Crippen LogP contribution in [0.1, 0.15) is 30.4 Å². The predicted octanol–water partition coefficient (Wildman–Crippen LogP) is 4.19. The summed E-state index contributed by atoms with van der Waals surface area (Å²) in [4.78, 5) is 30.1. The zero-order chi connectivity index (χ0) is 30.3. The highest BCUT2D eigenvalue weighted by atomic mass is 79.9. The minimum Gasteiger partial charge on any atom is -0.395 e. The maximum absolute atomic E-state index is 13.7. The van der Waals surface area contributed by atoms with Crippen molar-refractivity contribution < 1.29 is 32.6 Å². The summed E-state index contributed by atoms with van der Waals surface area (Å²) in [6.45, 7) is 0.309. The lowest BCUT2D eigenvalue weighted by atomic mass is 10.0. The molecular formula is C27H30BrF4N7O3. The van der Waals surface area contributed by atoms with Gasteiger partial charge in [0.1, 0.15) is 11.9 Å². The van der Waals surface area contributed by atoms with E-state index in [1.165, 1.54) is 24.3 Å². The van der Waals surface area contributed by atoms with E-state index in [-0.39, 0.29) is 60.9 Å². The molecule has 3 aromatic rings. The van der Waals surface area contributed by atoms with Gasteiger partial charge >= 0.3 is 6.18 Å². The van der Waals surface area contributed by atoms with E-state index in [0.717, 1.165) is 6.07 Å². The molecule has 226 valence electrons. The number of benzene rings is 2. The van der Waals surface area contributed by atoms with Crippen LogP contribution in [0.2, 0.25) is 0 Å². The van der Waals surface area contributed by atoms with Crippen LogP contribution in [0, 0.1) is 5.82 Å². The summed E-state index contributed by atoms with van der Waals surface area (Å²) in [5, 5.41) is 24.7. The Morgan fingerprint density at radius 3 is 2.52 bits per heavy atom. The number of nitrogens with zero attached hydrogens (tertiary/aromatic N) is 5. The smallest absolute Gasteiger partial charge is 0.395 e. The van der Waals surface area contributed by atoms with Gasteiger partial charge < -0.3 is 30.6 Å². The number of halogens is 5. The maximum atomic E-state index is 13.7. The van der Waals surface area contributed by atoms with Gasteiger partial charge in [0.15, 0.2) is 0 Å². The lowest BCUT2D eigenvalue weighted by molar-refractivity contribution is -0.138. The molecule has 1 unspecified atom stereocenters. The molecule has 0 saturated carbocycles. The quantitative estimate of drug-likeness (QED) is 0.225. The van der Waals surface area contributed by atoms with Crippen molar-refractivity contribution in [3.05, 3.63) is 63.9 Å². The number of alkyl halides is 3. The van der Waals surface area contributed by atoms with E-state index in [4.69, 9.17) is 0 Å². The average Bonchev–Trinajstić information content (AvgIpc) is 2.96. The van der Waals surface area contributed by atoms with Crippen molar-refractivity contribution in [1.82, 2.24) is 15.0 Å². The molecule has 0 bridgehead atoms. The molecular weight excluding hydrogens is 626 g/mol. The first-order chi connectivity index (χ1) is 20.1. The first-order valence-electron chi connectivity index (χ1n) is 13.2. The van der Waals surface area contributed by atoms with Crippen LogP contribution < -0.4 is 20.4 Å². The van der Waals surface area contributed by atoms with Crippen molar-refractivity contribution in [1.29, 1.82) is 0 Å². The highest BCUT2D eigenvalue weighted by Gasteiger charge is 2.35. The number of anilines is 4. The van der Waals surface area contributed by atoms with Crippen LogP contribution in [0.4, 0.5) is 41.1 Å². The second-order valence-electron chi connectivity index (χ2n) is 9.56. The van der Waals surface area contributed by atoms with Crippen molar-refractivity contribution in [3.63, 3.8) is 0 Å². The minimum atomic E-state index is -4.61. The molecule has 4 rings (SSSR count). The average molecular weight is 656 g/mol. The summed E-state index contributed by atoms with van der Waals surface area (Å²) in [7, 11) is 0. The molecule has 0 radical (unpaired) electrons. The lowest BCUT2D eigenvalue weighted by Gasteiger charge is -2.35. The number of hydrogen-bond donors (Lipinski definition) is 4. The number of piperidine rings is 1. The number of nitrogens with one attached hydrogen (secondary N) is 2. The molecule has 15 heteroatoms. The van der Waals surface area contributed by atoms with Gasteiger partial charge in [0.05, 0.1) is 18.8 Å². The summed E-state index contributed by atoms with van der Waals surface area (Å²) in [6, 6.07) is 8.64. The Labute approximate surface area is 247 Å². The molecule has 1 aromatic heterocycles. The van der Waals surface area contributed by atoms with Crippen LogP contribution in [0.5, 0.6) is 0 Å². The normalized spacial score (nSPS) is 15.4. The highest BCUT2D eigenvalue weighted by molar-refractivity contribution is 9.10. The number of amides is 1. The Kier molecular flexibility index (Phi) is 10.5. The van der Waals surface area contributed by atoms with Gasteiger partial charge in [-0.3, -0.25) is 4.79 Å². The number of carbonyl (C=O) groups is 1. The van der Waals surface area contributed by atoms with Crippen LogP contribution in [-0.2, 0) is 17.5 Å². The summed E-state index contributed by atoms with van der Waals surface area (Å²) >= 11 is 2.90. The molecule has 2 heterocycles. The van der Waals surface area contributed by atoms with E-state index in [1.54, 1.807) is 21.9 Å². The zero-order valence-corrected chi connectivity index (χ0v) is 24.0. The maximum Gasteiger partial charge on any atom is 0.417 e. The van der Waals surface area contributed by atoms with Crippen LogP contribution in [0.25, 0.3) is 0 Å². The van der Waals surface area contributed by atoms with Gasteiger partial charge in [0.2, 0.25) is 23.8 Å². The van der Waals surface area contributed by atoms with E-state index in [9.17, 15) is 32.6 Å². The van der Waals surface area contributed by atoms with Gasteiger partial charge in [-0.2, -0.15) is 28.1 Å². The Morgan fingerprint density at radius 1 is 1.07 bits per heavy atom. The Hall–Kier alpha value is -3.56. The monoisotopic (exact) mass is 655 g/mol. The molecule has 0 aliphatic carbocycles. The molecule has 10 nitrogen and oxygen atoms in total. The first kappa shape index (κ1) is 31.4. The topological polar surface area (TPSA) is 127 Å². The lowest BCUT2D eigenvalue weighted by Crippen LogP contribution is -2.48. The largest absolute Gasteiger partial charge is 0.417 e. The molecule has 1 aliphatic rings. The van der Waals surface area contributed by atoms with E-state index >= 15 is 0 Å². The highest BCUT2D eigenvalue weighted by Crippen LogP contribution is 2.36. The van der Waals surface area contributed by atoms with Crippen molar-refractivity contribution >= 4 is 45.4 Å². The van der Waals surface area contributed by atoms with E-state index in [2.05, 4.69) is 41.5 Å². The molecule has 0 spiro atoms. The van der Waals surface area contributed by atoms with Gasteiger partial charge in [0.25, 0.3) is 0 Å². The molecule has 1 saturated heterocycles. The van der Waals surface area contributed by atoms with E-state index < -0.39 is 29.5 Å². The zero-order valence-electron chi connectivity index (χ0n) is 22.4. The third-order valence-electron chi connectivity index (χ3n) is 6.58. The predicted molar refractivity (Wildman–Crippen MR) is 153 cm³/mol. The fraction of sp³-hybridized carbons (Fsp3) is 0.407. The van der Waals surface area contributed by atoms with Gasteiger partial charge in [-0.15, -0.1) is 0 Å². The van der Waals surface area contributed by atoms with Crippen molar-refractivity contribution in [2.45, 2.75) is 38.0 Å². The summed E-state index contributed by atoms with van der Waals surface area (Å²) in [5.41, 5.74) is -0.291. The minimum absolute atomic E-state index is 0.00750. The molecule has 2 aromatic carbocycles. The van der Waals surface area contributed by atoms with Crippen molar-refractivity contribution in [2.75, 3.05) is 53.3 Å². The van der Waals surface area contributed by atoms with Crippen LogP contribution >= 0.6 is 15.9 Å². The fourth-order valence-corrected chi connectivity index (χ4v) is 5.04. The number of aliphatic hydroxyl groups excluding tert-OH is 2. The third-order valence-corrected chi connectivity index (χ3v) is 7.27. The number of aliphatic hydroxyl groups is 2. The first-order valence-corrected chi connectivity index (χ1v) is 14.0. The number of carbonyl (C=O) groups excluding carboxylic acids is 1. The van der Waals surface area contributed by atoms with Gasteiger partial charge in [-0.1, -0.05) is 28.1 Å². The van der Waals surface area contributed by atoms with Gasteiger partial charge in [-0.05, 0) is 55.2 Å². The molecule has 1 aliphatic heterocycles. The van der Waals surface area contributed by atoms with Gasteiger partial charge in [-0.25, -0.2) is 4.39 Å². The Bertz CT molecular complexity index is 1380. The summed E-state index contributed by atoms with van der Waals surface area (Å²) < 4.78 is 53.8. The van der Waals surface area contributed by atoms with Crippen molar-refractivity contribution in [3.8, 4) is 0 Å². The van der Waals surface area contributed by atoms with Crippen LogP contribution in [0.15, 0.2) is 46.9 Å². The summed E-state index contributed by atoms with van der Waals surface area (Å²) in [5.74, 6) is -0.540. The number of aromatic nitrogens is 3. The Balaban J connectivity index is 1.64. The molecule has 42 heavy (non-hydrogen) atoms. The summed E-state index contributed by atoms with van der Waals surface area (Å²) in [6.07, 6.45) is -2.79. The molecule has 4 N–H and O–H groups in total. The molecule has 1 amide bonds. The Morgan fingerprint density at radius 2 is 1.83 bits per heavy atom. The van der Waals surface area contributed by atoms with Gasteiger partial charge in [0, 0.05) is 36.3 Å². The molecule has 1 atom stereocenters. The number of rotatable bonds is 11.